The molecule has 0 amide bonds. The Balaban J connectivity index is 0.000000231. The smallest absolute Gasteiger partial charge is 0.0863 e. The zero-order valence-electron chi connectivity index (χ0n) is 16.7. The van der Waals surface area contributed by atoms with E-state index in [-0.39, 0.29) is 0 Å². The molecule has 0 aliphatic carbocycles. The van der Waals surface area contributed by atoms with Crippen molar-refractivity contribution in [3.8, 4) is 0 Å². The van der Waals surface area contributed by atoms with Gasteiger partial charge < -0.3 is 14.2 Å². The highest BCUT2D eigenvalue weighted by Crippen LogP contribution is 2.32. The Morgan fingerprint density at radius 3 is 1.22 bits per heavy atom. The van der Waals surface area contributed by atoms with E-state index >= 15 is 0 Å². The van der Waals surface area contributed by atoms with E-state index in [0.29, 0.717) is 36.1 Å². The van der Waals surface area contributed by atoms with E-state index in [0.717, 1.165) is 31.7 Å². The number of ether oxygens (including phenoxy) is 3. The molecule has 4 unspecified atom stereocenters. The van der Waals surface area contributed by atoms with Gasteiger partial charge in [-0.15, -0.1) is 0 Å². The SMILES string of the molecule is CC(C)C1CCOC1C(C)C.CC(C)C1OCCOC1C(C)C. The Kier molecular flexibility index (Phi) is 9.10. The Hall–Kier alpha value is -0.120. The molecule has 2 saturated heterocycles. The van der Waals surface area contributed by atoms with Crippen LogP contribution in [0.2, 0.25) is 0 Å². The molecule has 0 radical (unpaired) electrons. The predicted molar refractivity (Wildman–Crippen MR) is 96.7 cm³/mol. The van der Waals surface area contributed by atoms with Crippen LogP contribution in [0.25, 0.3) is 0 Å². The molecule has 0 aromatic carbocycles. The summed E-state index contributed by atoms with van der Waals surface area (Å²) < 4.78 is 17.1. The summed E-state index contributed by atoms with van der Waals surface area (Å²) in [4.78, 5) is 0. The fourth-order valence-electron chi connectivity index (χ4n) is 3.73. The van der Waals surface area contributed by atoms with E-state index in [1.165, 1.54) is 6.42 Å². The van der Waals surface area contributed by atoms with Crippen molar-refractivity contribution in [2.24, 2.45) is 29.6 Å². The Morgan fingerprint density at radius 1 is 0.522 bits per heavy atom. The molecule has 3 heteroatoms. The van der Waals surface area contributed by atoms with Crippen LogP contribution in [-0.4, -0.2) is 38.1 Å². The first-order valence-electron chi connectivity index (χ1n) is 9.60. The summed E-state index contributed by atoms with van der Waals surface area (Å²) in [5.41, 5.74) is 0. The molecule has 0 aromatic rings. The topological polar surface area (TPSA) is 27.7 Å². The Labute approximate surface area is 144 Å². The van der Waals surface area contributed by atoms with Crippen LogP contribution < -0.4 is 0 Å². The number of hydrogen-bond acceptors (Lipinski definition) is 3. The van der Waals surface area contributed by atoms with Crippen LogP contribution >= 0.6 is 0 Å². The zero-order chi connectivity index (χ0) is 17.6. The van der Waals surface area contributed by atoms with Crippen LogP contribution in [0.1, 0.15) is 61.8 Å². The average molecular weight is 329 g/mol. The van der Waals surface area contributed by atoms with Crippen LogP contribution in [0.5, 0.6) is 0 Å². The van der Waals surface area contributed by atoms with Crippen molar-refractivity contribution in [1.29, 1.82) is 0 Å². The van der Waals surface area contributed by atoms with E-state index < -0.39 is 0 Å². The van der Waals surface area contributed by atoms with Gasteiger partial charge in [-0.05, 0) is 36.0 Å². The second-order valence-corrected chi connectivity index (χ2v) is 8.43. The Morgan fingerprint density at radius 2 is 0.913 bits per heavy atom. The minimum absolute atomic E-state index is 0.291. The molecule has 3 nitrogen and oxygen atoms in total. The minimum Gasteiger partial charge on any atom is -0.378 e. The third-order valence-electron chi connectivity index (χ3n) is 5.04. The Bertz CT molecular complexity index is 282. The lowest BCUT2D eigenvalue weighted by molar-refractivity contribution is -0.169. The molecular weight excluding hydrogens is 288 g/mol. The van der Waals surface area contributed by atoms with Crippen molar-refractivity contribution < 1.29 is 14.2 Å². The van der Waals surface area contributed by atoms with Gasteiger partial charge in [-0.25, -0.2) is 0 Å². The number of rotatable bonds is 4. The second kappa shape index (κ2) is 10.0. The van der Waals surface area contributed by atoms with E-state index in [9.17, 15) is 0 Å². The van der Waals surface area contributed by atoms with Crippen LogP contribution in [0.15, 0.2) is 0 Å². The lowest BCUT2D eigenvalue weighted by Gasteiger charge is -2.36. The van der Waals surface area contributed by atoms with Crippen LogP contribution in [0.3, 0.4) is 0 Å². The highest BCUT2D eigenvalue weighted by molar-refractivity contribution is 4.80. The van der Waals surface area contributed by atoms with E-state index in [4.69, 9.17) is 14.2 Å². The minimum atomic E-state index is 0.291. The van der Waals surface area contributed by atoms with Gasteiger partial charge in [-0.2, -0.15) is 0 Å². The van der Waals surface area contributed by atoms with Gasteiger partial charge in [0.1, 0.15) is 0 Å². The van der Waals surface area contributed by atoms with Gasteiger partial charge in [0.25, 0.3) is 0 Å². The van der Waals surface area contributed by atoms with Crippen molar-refractivity contribution in [2.45, 2.75) is 80.1 Å². The summed E-state index contributed by atoms with van der Waals surface area (Å²) in [6.07, 6.45) is 2.37. The molecule has 4 atom stereocenters. The van der Waals surface area contributed by atoms with E-state index in [1.54, 1.807) is 0 Å². The third-order valence-corrected chi connectivity index (χ3v) is 5.04. The summed E-state index contributed by atoms with van der Waals surface area (Å²) in [6.45, 7) is 20.4. The van der Waals surface area contributed by atoms with Gasteiger partial charge in [-0.1, -0.05) is 55.4 Å². The van der Waals surface area contributed by atoms with Crippen molar-refractivity contribution in [3.63, 3.8) is 0 Å². The lowest BCUT2D eigenvalue weighted by Crippen LogP contribution is -2.44. The van der Waals surface area contributed by atoms with E-state index in [1.807, 2.05) is 0 Å². The van der Waals surface area contributed by atoms with Gasteiger partial charge >= 0.3 is 0 Å². The molecule has 0 bridgehead atoms. The van der Waals surface area contributed by atoms with Crippen LogP contribution in [0, 0.1) is 29.6 Å². The summed E-state index contributed by atoms with van der Waals surface area (Å²) in [6, 6.07) is 0. The molecular formula is C20H40O3. The lowest BCUT2D eigenvalue weighted by atomic mass is 9.84. The average Bonchev–Trinajstić information content (AvgIpc) is 2.97. The van der Waals surface area contributed by atoms with Crippen LogP contribution in [-0.2, 0) is 14.2 Å². The first-order chi connectivity index (χ1) is 10.8. The normalized spacial score (nSPS) is 31.8. The van der Waals surface area contributed by atoms with Gasteiger partial charge in [0, 0.05) is 6.61 Å². The summed E-state index contributed by atoms with van der Waals surface area (Å²) in [5, 5.41) is 0. The monoisotopic (exact) mass is 328 g/mol. The third kappa shape index (κ3) is 6.36. The second-order valence-electron chi connectivity index (χ2n) is 8.43. The van der Waals surface area contributed by atoms with Gasteiger partial charge in [-0.3, -0.25) is 0 Å². The highest BCUT2D eigenvalue weighted by atomic mass is 16.6. The van der Waals surface area contributed by atoms with Gasteiger partial charge in [0.05, 0.1) is 31.5 Å². The molecule has 0 N–H and O–H groups in total. The molecule has 138 valence electrons. The molecule has 2 aliphatic heterocycles. The van der Waals surface area contributed by atoms with Crippen molar-refractivity contribution in [1.82, 2.24) is 0 Å². The maximum absolute atomic E-state index is 5.69. The maximum atomic E-state index is 5.69. The fourth-order valence-corrected chi connectivity index (χ4v) is 3.73. The first-order valence-corrected chi connectivity index (χ1v) is 9.60. The van der Waals surface area contributed by atoms with Crippen molar-refractivity contribution in [3.05, 3.63) is 0 Å². The molecule has 2 rings (SSSR count). The molecule has 0 spiro atoms. The van der Waals surface area contributed by atoms with Crippen LogP contribution in [0.4, 0.5) is 0 Å². The molecule has 2 aliphatic rings. The van der Waals surface area contributed by atoms with Gasteiger partial charge in [0.15, 0.2) is 0 Å². The maximum Gasteiger partial charge on any atom is 0.0863 e. The molecule has 2 heterocycles. The van der Waals surface area contributed by atoms with Gasteiger partial charge in [0.2, 0.25) is 0 Å². The standard InChI is InChI=1S/C10H20O2.C10H20O/c1-7(2)9-10(8(3)4)12-6-5-11-9;1-7(2)9-5-6-11-10(9)8(3)4/h7-10H,5-6H2,1-4H3;7-10H,5-6H2,1-4H3. The molecule has 2 fully saturated rings. The van der Waals surface area contributed by atoms with E-state index in [2.05, 4.69) is 55.4 Å². The first kappa shape index (κ1) is 20.9. The summed E-state index contributed by atoms with van der Waals surface area (Å²) in [7, 11) is 0. The molecule has 0 aromatic heterocycles. The van der Waals surface area contributed by atoms with Crippen molar-refractivity contribution in [2.75, 3.05) is 19.8 Å². The zero-order valence-corrected chi connectivity index (χ0v) is 16.7. The number of hydrogen-bond donors (Lipinski definition) is 0. The quantitative estimate of drug-likeness (QED) is 0.743. The largest absolute Gasteiger partial charge is 0.378 e. The summed E-state index contributed by atoms with van der Waals surface area (Å²) >= 11 is 0. The predicted octanol–water partition coefficient (Wildman–Crippen LogP) is 4.79. The fraction of sp³-hybridized carbons (Fsp3) is 1.00. The van der Waals surface area contributed by atoms with Crippen molar-refractivity contribution >= 4 is 0 Å². The summed E-state index contributed by atoms with van der Waals surface area (Å²) in [5.74, 6) is 3.38. The highest BCUT2D eigenvalue weighted by Gasteiger charge is 2.32. The molecule has 23 heavy (non-hydrogen) atoms. The molecule has 0 saturated carbocycles.